The second-order valence-electron chi connectivity index (χ2n) is 7.83. The number of benzene rings is 3. The van der Waals surface area contributed by atoms with Crippen LogP contribution in [0.15, 0.2) is 77.9 Å². The van der Waals surface area contributed by atoms with E-state index in [0.717, 1.165) is 12.1 Å². The summed E-state index contributed by atoms with van der Waals surface area (Å²) in [6.07, 6.45) is 1.01. The van der Waals surface area contributed by atoms with E-state index in [-0.39, 0.29) is 17.7 Å². The first-order chi connectivity index (χ1) is 14.1. The van der Waals surface area contributed by atoms with Crippen molar-refractivity contribution < 1.29 is 4.79 Å². The molecule has 1 atom stereocenters. The lowest BCUT2D eigenvalue weighted by molar-refractivity contribution is 0.0954. The standard InChI is InChI=1S/C25H21ClN2O/c1-15(27-28-25(29)16-7-6-8-17(26)13-16)22-14-23-18-9-2-4-11-20(18)24(22)21-12-5-3-10-19(21)23/h2-13,22-24H,14H2,1H3,(H,28,29)/b27-15+/t22-,23?,24?/m0/s1. The van der Waals surface area contributed by atoms with Gasteiger partial charge in [0.05, 0.1) is 0 Å². The molecule has 0 fully saturated rings. The van der Waals surface area contributed by atoms with Gasteiger partial charge in [-0.25, -0.2) is 5.43 Å². The molecule has 0 heterocycles. The number of hydrogen-bond donors (Lipinski definition) is 1. The van der Waals surface area contributed by atoms with Crippen LogP contribution in [-0.2, 0) is 0 Å². The van der Waals surface area contributed by atoms with Crippen LogP contribution >= 0.6 is 11.6 Å². The Morgan fingerprint density at radius 3 is 2.17 bits per heavy atom. The van der Waals surface area contributed by atoms with Gasteiger partial charge in [-0.2, -0.15) is 5.10 Å². The summed E-state index contributed by atoms with van der Waals surface area (Å²) >= 11 is 6.00. The molecule has 3 aliphatic rings. The Hall–Kier alpha value is -2.91. The first-order valence-corrected chi connectivity index (χ1v) is 10.3. The van der Waals surface area contributed by atoms with Crippen LogP contribution in [0.1, 0.15) is 57.8 Å². The number of nitrogens with one attached hydrogen (secondary N) is 1. The highest BCUT2D eigenvalue weighted by molar-refractivity contribution is 6.30. The van der Waals surface area contributed by atoms with Crippen molar-refractivity contribution in [1.29, 1.82) is 0 Å². The number of hydrazone groups is 1. The molecule has 3 nitrogen and oxygen atoms in total. The maximum Gasteiger partial charge on any atom is 0.271 e. The summed E-state index contributed by atoms with van der Waals surface area (Å²) in [6.45, 7) is 2.02. The highest BCUT2D eigenvalue weighted by Gasteiger charge is 2.44. The van der Waals surface area contributed by atoms with E-state index in [2.05, 4.69) is 59.1 Å². The predicted octanol–water partition coefficient (Wildman–Crippen LogP) is 5.74. The molecule has 3 aliphatic carbocycles. The van der Waals surface area contributed by atoms with Crippen molar-refractivity contribution in [3.05, 3.63) is 106 Å². The molecule has 29 heavy (non-hydrogen) atoms. The minimum atomic E-state index is -0.242. The van der Waals surface area contributed by atoms with Gasteiger partial charge in [0, 0.05) is 34.1 Å². The number of nitrogens with zero attached hydrogens (tertiary/aromatic N) is 1. The number of carbonyl (C=O) groups is 1. The molecule has 6 rings (SSSR count). The summed E-state index contributed by atoms with van der Waals surface area (Å²) in [5.41, 5.74) is 9.84. The molecule has 1 N–H and O–H groups in total. The summed E-state index contributed by atoms with van der Waals surface area (Å²) in [5, 5.41) is 5.03. The monoisotopic (exact) mass is 400 g/mol. The fraction of sp³-hybridized carbons (Fsp3) is 0.200. The van der Waals surface area contributed by atoms with Gasteiger partial charge < -0.3 is 0 Å². The molecule has 0 aliphatic heterocycles. The molecule has 3 aromatic rings. The number of carbonyl (C=O) groups excluding carboxylic acids is 1. The Labute approximate surface area is 175 Å². The van der Waals surface area contributed by atoms with Crippen molar-refractivity contribution in [2.45, 2.75) is 25.2 Å². The molecule has 0 aromatic heterocycles. The summed E-state index contributed by atoms with van der Waals surface area (Å²) in [4.78, 5) is 12.5. The molecule has 1 amide bonds. The van der Waals surface area contributed by atoms with Crippen LogP contribution in [-0.4, -0.2) is 11.6 Å². The zero-order valence-corrected chi connectivity index (χ0v) is 16.9. The van der Waals surface area contributed by atoms with E-state index in [1.54, 1.807) is 24.3 Å². The third-order valence-corrected chi connectivity index (χ3v) is 6.50. The van der Waals surface area contributed by atoms with Crippen LogP contribution < -0.4 is 5.43 Å². The number of hydrogen-bond acceptors (Lipinski definition) is 2. The van der Waals surface area contributed by atoms with Crippen LogP contribution in [0, 0.1) is 5.92 Å². The van der Waals surface area contributed by atoms with Gasteiger partial charge >= 0.3 is 0 Å². The quantitative estimate of drug-likeness (QED) is 0.441. The molecular weight excluding hydrogens is 380 g/mol. The van der Waals surface area contributed by atoms with Gasteiger partial charge in [0.15, 0.2) is 0 Å². The van der Waals surface area contributed by atoms with E-state index in [1.165, 1.54) is 22.3 Å². The maximum atomic E-state index is 12.5. The molecule has 0 saturated carbocycles. The van der Waals surface area contributed by atoms with Gasteiger partial charge in [0.25, 0.3) is 5.91 Å². The second kappa shape index (κ2) is 7.16. The van der Waals surface area contributed by atoms with E-state index >= 15 is 0 Å². The Bertz CT molecular complexity index is 1090. The lowest BCUT2D eigenvalue weighted by Crippen LogP contribution is -2.36. The van der Waals surface area contributed by atoms with Crippen molar-refractivity contribution in [2.24, 2.45) is 11.0 Å². The molecule has 0 unspecified atom stereocenters. The third kappa shape index (κ3) is 3.06. The van der Waals surface area contributed by atoms with Crippen molar-refractivity contribution >= 4 is 23.2 Å². The maximum absolute atomic E-state index is 12.5. The average Bonchev–Trinajstić information content (AvgIpc) is 2.77. The molecule has 4 heteroatoms. The predicted molar refractivity (Wildman–Crippen MR) is 117 cm³/mol. The highest BCUT2D eigenvalue weighted by Crippen LogP contribution is 2.55. The lowest BCUT2D eigenvalue weighted by Gasteiger charge is -2.45. The zero-order chi connectivity index (χ0) is 20.0. The van der Waals surface area contributed by atoms with Crippen LogP contribution in [0.5, 0.6) is 0 Å². The van der Waals surface area contributed by atoms with Crippen LogP contribution in [0.25, 0.3) is 0 Å². The molecule has 3 aromatic carbocycles. The fourth-order valence-corrected chi connectivity index (χ4v) is 5.15. The van der Waals surface area contributed by atoms with Crippen molar-refractivity contribution in [3.8, 4) is 0 Å². The summed E-state index contributed by atoms with van der Waals surface area (Å²) < 4.78 is 0. The molecule has 2 bridgehead atoms. The smallest absolute Gasteiger partial charge is 0.267 e. The van der Waals surface area contributed by atoms with Gasteiger partial charge in [0.1, 0.15) is 0 Å². The lowest BCUT2D eigenvalue weighted by atomic mass is 9.58. The van der Waals surface area contributed by atoms with Gasteiger partial charge in [-0.3, -0.25) is 4.79 Å². The van der Waals surface area contributed by atoms with Crippen molar-refractivity contribution in [1.82, 2.24) is 5.43 Å². The molecular formula is C25H21ClN2O. The van der Waals surface area contributed by atoms with E-state index in [4.69, 9.17) is 11.6 Å². The number of fused-ring (bicyclic) bond motifs is 1. The Morgan fingerprint density at radius 1 is 0.931 bits per heavy atom. The van der Waals surface area contributed by atoms with Gasteiger partial charge in [0.2, 0.25) is 0 Å². The third-order valence-electron chi connectivity index (χ3n) is 6.26. The molecule has 0 saturated heterocycles. The fourth-order valence-electron chi connectivity index (χ4n) is 4.96. The average molecular weight is 401 g/mol. The van der Waals surface area contributed by atoms with E-state index < -0.39 is 0 Å². The number of halogens is 1. The Kier molecular flexibility index (Phi) is 4.48. The van der Waals surface area contributed by atoms with E-state index in [0.29, 0.717) is 16.5 Å². The van der Waals surface area contributed by atoms with Crippen molar-refractivity contribution in [2.75, 3.05) is 0 Å². The first-order valence-electron chi connectivity index (χ1n) is 9.91. The van der Waals surface area contributed by atoms with Crippen LogP contribution in [0.2, 0.25) is 5.02 Å². The SMILES string of the molecule is C/C(=N\NC(=O)c1cccc(Cl)c1)[C@@H]1CC2c3ccccc3C1c1ccccc12. The number of rotatable bonds is 3. The zero-order valence-electron chi connectivity index (χ0n) is 16.1. The topological polar surface area (TPSA) is 41.5 Å². The van der Waals surface area contributed by atoms with Gasteiger partial charge in [-0.1, -0.05) is 66.2 Å². The Balaban J connectivity index is 1.46. The first kappa shape index (κ1) is 18.1. The van der Waals surface area contributed by atoms with E-state index in [1.807, 2.05) is 6.92 Å². The summed E-state index contributed by atoms with van der Waals surface area (Å²) in [6, 6.07) is 24.4. The summed E-state index contributed by atoms with van der Waals surface area (Å²) in [5.74, 6) is 0.684. The molecule has 144 valence electrons. The normalized spacial score (nSPS) is 22.0. The Morgan fingerprint density at radius 2 is 1.55 bits per heavy atom. The highest BCUT2D eigenvalue weighted by atomic mass is 35.5. The minimum Gasteiger partial charge on any atom is -0.267 e. The second-order valence-corrected chi connectivity index (χ2v) is 8.27. The molecule has 0 radical (unpaired) electrons. The van der Waals surface area contributed by atoms with Gasteiger partial charge in [-0.05, 0) is 53.8 Å². The van der Waals surface area contributed by atoms with Crippen molar-refractivity contribution in [3.63, 3.8) is 0 Å². The summed E-state index contributed by atoms with van der Waals surface area (Å²) in [7, 11) is 0. The van der Waals surface area contributed by atoms with E-state index in [9.17, 15) is 4.79 Å². The minimum absolute atomic E-state index is 0.242. The van der Waals surface area contributed by atoms with Gasteiger partial charge in [-0.15, -0.1) is 0 Å². The van der Waals surface area contributed by atoms with Crippen LogP contribution in [0.3, 0.4) is 0 Å². The molecule has 0 spiro atoms. The number of amides is 1. The van der Waals surface area contributed by atoms with Crippen LogP contribution in [0.4, 0.5) is 0 Å². The largest absolute Gasteiger partial charge is 0.271 e.